The van der Waals surface area contributed by atoms with Crippen molar-refractivity contribution in [3.05, 3.63) is 59.0 Å². The van der Waals surface area contributed by atoms with Crippen LogP contribution in [0.1, 0.15) is 11.3 Å². The zero-order valence-corrected chi connectivity index (χ0v) is 15.7. The third-order valence-electron chi connectivity index (χ3n) is 4.27. The molecule has 7 nitrogen and oxygen atoms in total. The highest BCUT2D eigenvalue weighted by atomic mass is 35.5. The number of nitrogens with zero attached hydrogens (tertiary/aromatic N) is 2. The molecule has 0 atom stereocenters. The Labute approximate surface area is 165 Å². The third-order valence-corrected chi connectivity index (χ3v) is 4.68. The van der Waals surface area contributed by atoms with Crippen molar-refractivity contribution in [2.75, 3.05) is 19.0 Å². The highest BCUT2D eigenvalue weighted by molar-refractivity contribution is 6.36. The van der Waals surface area contributed by atoms with Gasteiger partial charge in [0.15, 0.2) is 18.2 Å². The van der Waals surface area contributed by atoms with Gasteiger partial charge in [0.1, 0.15) is 11.3 Å². The second kappa shape index (κ2) is 7.36. The number of aromatic nitrogens is 1. The number of likely N-dealkylation sites (N-methyl/N-ethyl adjacent to an activating group) is 1. The number of pyridine rings is 1. The molecule has 0 saturated heterocycles. The molecule has 0 saturated carbocycles. The first-order chi connectivity index (χ1) is 13.5. The Bertz CT molecular complexity index is 1110. The lowest BCUT2D eigenvalue weighted by atomic mass is 10.2. The first kappa shape index (κ1) is 18.1. The van der Waals surface area contributed by atoms with Gasteiger partial charge in [0.25, 0.3) is 5.91 Å². The van der Waals surface area contributed by atoms with Crippen LogP contribution in [0.15, 0.2) is 47.0 Å². The van der Waals surface area contributed by atoms with Crippen molar-refractivity contribution in [2.24, 2.45) is 0 Å². The molecule has 28 heavy (non-hydrogen) atoms. The molecule has 2 amide bonds. The zero-order valence-electron chi connectivity index (χ0n) is 14.9. The lowest BCUT2D eigenvalue weighted by Crippen LogP contribution is -2.26. The Morgan fingerprint density at radius 2 is 2.21 bits per heavy atom. The molecule has 0 unspecified atom stereocenters. The van der Waals surface area contributed by atoms with E-state index in [0.717, 1.165) is 5.39 Å². The maximum absolute atomic E-state index is 12.4. The van der Waals surface area contributed by atoms with Crippen molar-refractivity contribution in [3.63, 3.8) is 0 Å². The van der Waals surface area contributed by atoms with Gasteiger partial charge in [0, 0.05) is 24.7 Å². The zero-order chi connectivity index (χ0) is 19.7. The van der Waals surface area contributed by atoms with Crippen LogP contribution < -0.4 is 10.1 Å². The Morgan fingerprint density at radius 3 is 3.04 bits per heavy atom. The van der Waals surface area contributed by atoms with Gasteiger partial charge < -0.3 is 19.4 Å². The van der Waals surface area contributed by atoms with E-state index < -0.39 is 0 Å². The maximum atomic E-state index is 12.4. The summed E-state index contributed by atoms with van der Waals surface area (Å²) in [5.41, 5.74) is 1.37. The number of para-hydroxylation sites is 1. The Morgan fingerprint density at radius 1 is 1.39 bits per heavy atom. The maximum Gasteiger partial charge on any atom is 0.263 e. The molecule has 0 radical (unpaired) electrons. The van der Waals surface area contributed by atoms with E-state index in [-0.39, 0.29) is 25.0 Å². The number of carbonyl (C=O) groups is 2. The van der Waals surface area contributed by atoms with Gasteiger partial charge in [-0.3, -0.25) is 9.59 Å². The van der Waals surface area contributed by atoms with E-state index >= 15 is 0 Å². The molecule has 3 aromatic rings. The molecule has 1 N–H and O–H groups in total. The molecule has 2 aromatic heterocycles. The van der Waals surface area contributed by atoms with Crippen molar-refractivity contribution in [1.82, 2.24) is 9.88 Å². The van der Waals surface area contributed by atoms with Crippen LogP contribution in [0, 0.1) is 0 Å². The predicted molar refractivity (Wildman–Crippen MR) is 105 cm³/mol. The number of ether oxygens (including phenoxy) is 1. The van der Waals surface area contributed by atoms with E-state index in [2.05, 4.69) is 10.3 Å². The summed E-state index contributed by atoms with van der Waals surface area (Å²) >= 11 is 6.35. The van der Waals surface area contributed by atoms with E-state index in [1.807, 2.05) is 24.3 Å². The monoisotopic (exact) mass is 397 g/mol. The summed E-state index contributed by atoms with van der Waals surface area (Å²) in [6.45, 7) is 0.191. The van der Waals surface area contributed by atoms with Gasteiger partial charge in [-0.25, -0.2) is 4.98 Å². The molecule has 1 aliphatic rings. The summed E-state index contributed by atoms with van der Waals surface area (Å²) in [7, 11) is 1.67. The summed E-state index contributed by atoms with van der Waals surface area (Å²) in [6, 6.07) is 9.17. The van der Waals surface area contributed by atoms with Crippen LogP contribution in [0.25, 0.3) is 17.0 Å². The second-order valence-corrected chi connectivity index (χ2v) is 6.69. The summed E-state index contributed by atoms with van der Waals surface area (Å²) in [5, 5.41) is 3.95. The lowest BCUT2D eigenvalue weighted by Gasteiger charge is -2.16. The van der Waals surface area contributed by atoms with Gasteiger partial charge >= 0.3 is 0 Å². The Balaban J connectivity index is 1.45. The molecule has 4 rings (SSSR count). The number of rotatable bonds is 4. The lowest BCUT2D eigenvalue weighted by molar-refractivity contribution is -0.125. The fraction of sp³-hybridized carbons (Fsp3) is 0.150. The third kappa shape index (κ3) is 3.57. The number of amides is 2. The minimum atomic E-state index is -0.246. The highest BCUT2D eigenvalue weighted by Crippen LogP contribution is 2.31. The topological polar surface area (TPSA) is 84.7 Å². The number of halogens is 1. The molecule has 1 aromatic carbocycles. The van der Waals surface area contributed by atoms with E-state index in [9.17, 15) is 9.59 Å². The number of anilines is 1. The van der Waals surface area contributed by atoms with E-state index in [1.54, 1.807) is 25.4 Å². The molecule has 0 fully saturated rings. The van der Waals surface area contributed by atoms with Crippen LogP contribution in [0.5, 0.6) is 5.75 Å². The quantitative estimate of drug-likeness (QED) is 0.681. The number of hydrogen-bond donors (Lipinski definition) is 1. The molecule has 1 aliphatic heterocycles. The minimum Gasteiger partial charge on any atom is -0.480 e. The Kier molecular flexibility index (Phi) is 4.75. The van der Waals surface area contributed by atoms with Gasteiger partial charge in [-0.15, -0.1) is 0 Å². The predicted octanol–water partition coefficient (Wildman–Crippen LogP) is 3.48. The van der Waals surface area contributed by atoms with E-state index in [0.29, 0.717) is 33.5 Å². The molecule has 3 heterocycles. The summed E-state index contributed by atoms with van der Waals surface area (Å²) in [5.74, 6) is 0.910. The van der Waals surface area contributed by atoms with Crippen molar-refractivity contribution in [3.8, 4) is 5.75 Å². The smallest absolute Gasteiger partial charge is 0.263 e. The van der Waals surface area contributed by atoms with Crippen molar-refractivity contribution in [2.45, 2.75) is 6.54 Å². The van der Waals surface area contributed by atoms with Crippen LogP contribution in [0.3, 0.4) is 0 Å². The average Bonchev–Trinajstić information content (AvgIpc) is 3.01. The summed E-state index contributed by atoms with van der Waals surface area (Å²) in [4.78, 5) is 29.3. The van der Waals surface area contributed by atoms with Crippen LogP contribution in [-0.4, -0.2) is 35.4 Å². The number of carbonyl (C=O) groups excluding carboxylic acids is 2. The van der Waals surface area contributed by atoms with Crippen molar-refractivity contribution < 1.29 is 18.7 Å². The van der Waals surface area contributed by atoms with E-state index in [4.69, 9.17) is 20.8 Å². The number of benzene rings is 1. The minimum absolute atomic E-state index is 0.0538. The van der Waals surface area contributed by atoms with Crippen molar-refractivity contribution >= 4 is 46.3 Å². The van der Waals surface area contributed by atoms with Crippen molar-refractivity contribution in [1.29, 1.82) is 0 Å². The standard InChI is InChI=1S/C20H16ClN3O4/c1-24(10-16-19(21)13-4-2-3-5-14(13)28-16)18(26)7-6-12-8-15-20(22-9-12)23-17(25)11-27-15/h2-9H,10-11H2,1H3,(H,22,23,25)/b7-6+. The van der Waals surface area contributed by atoms with Crippen LogP contribution >= 0.6 is 11.6 Å². The molecule has 0 aliphatic carbocycles. The number of nitrogens with one attached hydrogen (secondary N) is 1. The van der Waals surface area contributed by atoms with Crippen LogP contribution in [-0.2, 0) is 16.1 Å². The van der Waals surface area contributed by atoms with Gasteiger partial charge in [-0.05, 0) is 29.8 Å². The van der Waals surface area contributed by atoms with Gasteiger partial charge in [-0.2, -0.15) is 0 Å². The molecular weight excluding hydrogens is 382 g/mol. The van der Waals surface area contributed by atoms with E-state index in [1.165, 1.54) is 11.0 Å². The fourth-order valence-corrected chi connectivity index (χ4v) is 3.08. The number of fused-ring (bicyclic) bond motifs is 2. The first-order valence-electron chi connectivity index (χ1n) is 8.53. The Hall–Kier alpha value is -3.32. The van der Waals surface area contributed by atoms with Gasteiger partial charge in [-0.1, -0.05) is 23.7 Å². The first-order valence-corrected chi connectivity index (χ1v) is 8.91. The second-order valence-electron chi connectivity index (χ2n) is 6.32. The largest absolute Gasteiger partial charge is 0.480 e. The number of furan rings is 1. The molecule has 8 heteroatoms. The highest BCUT2D eigenvalue weighted by Gasteiger charge is 2.18. The van der Waals surface area contributed by atoms with Crippen LogP contribution in [0.4, 0.5) is 5.82 Å². The van der Waals surface area contributed by atoms with Crippen LogP contribution in [0.2, 0.25) is 5.02 Å². The average molecular weight is 398 g/mol. The molecular formula is C20H16ClN3O4. The van der Waals surface area contributed by atoms with Gasteiger partial charge in [0.05, 0.1) is 11.6 Å². The van der Waals surface area contributed by atoms with Gasteiger partial charge in [0.2, 0.25) is 5.91 Å². The molecule has 142 valence electrons. The summed E-state index contributed by atoms with van der Waals surface area (Å²) in [6.07, 6.45) is 4.61. The SMILES string of the molecule is CN(Cc1oc2ccccc2c1Cl)C(=O)/C=C/c1cnc2c(c1)OCC(=O)N2. The summed E-state index contributed by atoms with van der Waals surface area (Å²) < 4.78 is 11.1. The number of hydrogen-bond acceptors (Lipinski definition) is 5. The fourth-order valence-electron chi connectivity index (χ4n) is 2.82. The normalized spacial score (nSPS) is 13.3. The molecule has 0 spiro atoms. The molecule has 0 bridgehead atoms.